The molecule has 0 aromatic heterocycles. The van der Waals surface area contributed by atoms with Gasteiger partial charge in [-0.15, -0.1) is 0 Å². The monoisotopic (exact) mass is 682 g/mol. The smallest absolute Gasteiger partial charge is 0.305 e. The van der Waals surface area contributed by atoms with Crippen molar-refractivity contribution in [2.24, 2.45) is 0 Å². The molecule has 4 aromatic rings. The Hall–Kier alpha value is -3.89. The van der Waals surface area contributed by atoms with Crippen molar-refractivity contribution in [2.45, 2.75) is 89.2 Å². The number of ether oxygens (including phenoxy) is 7. The Bertz CT molecular complexity index is 1470. The van der Waals surface area contributed by atoms with Crippen molar-refractivity contribution in [2.75, 3.05) is 20.3 Å². The normalized spacial score (nSPS) is 20.4. The van der Waals surface area contributed by atoms with Crippen LogP contribution in [0, 0.1) is 0 Å². The largest absolute Gasteiger partial charge is 0.469 e. The van der Waals surface area contributed by atoms with Crippen LogP contribution in [0.15, 0.2) is 121 Å². The molecule has 4 aromatic carbocycles. The molecule has 8 nitrogen and oxygen atoms in total. The van der Waals surface area contributed by atoms with E-state index in [4.69, 9.17) is 33.2 Å². The zero-order valence-corrected chi connectivity index (χ0v) is 29.0. The predicted octanol–water partition coefficient (Wildman–Crippen LogP) is 7.82. The highest BCUT2D eigenvalue weighted by Crippen LogP contribution is 2.32. The van der Waals surface area contributed by atoms with Gasteiger partial charge in [-0.2, -0.15) is 0 Å². The number of esters is 1. The van der Waals surface area contributed by atoms with Crippen molar-refractivity contribution in [3.63, 3.8) is 0 Å². The van der Waals surface area contributed by atoms with E-state index in [9.17, 15) is 4.79 Å². The first-order valence-corrected chi connectivity index (χ1v) is 17.6. The van der Waals surface area contributed by atoms with Crippen LogP contribution in [0.25, 0.3) is 0 Å². The molecular formula is C42H50O8. The Kier molecular flexibility index (Phi) is 16.0. The summed E-state index contributed by atoms with van der Waals surface area (Å²) in [5.74, 6) is -0.179. The molecule has 1 fully saturated rings. The molecule has 0 radical (unpaired) electrons. The second kappa shape index (κ2) is 21.4. The van der Waals surface area contributed by atoms with Crippen LogP contribution in [0.1, 0.15) is 54.4 Å². The van der Waals surface area contributed by atoms with E-state index in [0.717, 1.165) is 47.9 Å². The van der Waals surface area contributed by atoms with Gasteiger partial charge in [-0.3, -0.25) is 4.79 Å². The zero-order chi connectivity index (χ0) is 34.6. The summed E-state index contributed by atoms with van der Waals surface area (Å²) < 4.78 is 44.4. The first-order chi connectivity index (χ1) is 24.7. The Morgan fingerprint density at radius 3 is 1.52 bits per heavy atom. The maximum atomic E-state index is 11.5. The Morgan fingerprint density at radius 1 is 0.540 bits per heavy atom. The second-order valence-corrected chi connectivity index (χ2v) is 12.4. The SMILES string of the molecule is COC(=O)CCCCCCO[C@@H]1O[C@H](COCc2ccccc2)[C@@H](OCc2ccccc2)[C@H](OCc2ccccc2)[C@@H]1OCc1ccccc1. The predicted molar refractivity (Wildman–Crippen MR) is 191 cm³/mol. The van der Waals surface area contributed by atoms with Gasteiger partial charge in [0, 0.05) is 13.0 Å². The topological polar surface area (TPSA) is 81.7 Å². The molecule has 8 heteroatoms. The van der Waals surface area contributed by atoms with Gasteiger partial charge in [-0.1, -0.05) is 134 Å². The van der Waals surface area contributed by atoms with Crippen molar-refractivity contribution in [1.29, 1.82) is 0 Å². The van der Waals surface area contributed by atoms with Crippen LogP contribution in [0.3, 0.4) is 0 Å². The van der Waals surface area contributed by atoms with Crippen LogP contribution in [0.4, 0.5) is 0 Å². The highest BCUT2D eigenvalue weighted by atomic mass is 16.7. The lowest BCUT2D eigenvalue weighted by Crippen LogP contribution is -2.61. The molecule has 0 aliphatic carbocycles. The molecule has 5 atom stereocenters. The number of carbonyl (C=O) groups excluding carboxylic acids is 1. The van der Waals surface area contributed by atoms with Crippen LogP contribution < -0.4 is 0 Å². The fraction of sp³-hybridized carbons (Fsp3) is 0.405. The maximum Gasteiger partial charge on any atom is 0.305 e. The van der Waals surface area contributed by atoms with Gasteiger partial charge in [0.05, 0.1) is 40.1 Å². The third kappa shape index (κ3) is 12.5. The Balaban J connectivity index is 1.36. The quantitative estimate of drug-likeness (QED) is 0.0650. The number of hydrogen-bond acceptors (Lipinski definition) is 8. The number of methoxy groups -OCH3 is 1. The molecule has 0 spiro atoms. The Labute approximate surface area is 296 Å². The van der Waals surface area contributed by atoms with Gasteiger partial charge in [0.15, 0.2) is 6.29 Å². The molecule has 5 rings (SSSR count). The summed E-state index contributed by atoms with van der Waals surface area (Å²) in [6.07, 6.45) is 0.975. The van der Waals surface area contributed by atoms with E-state index in [-0.39, 0.29) is 12.6 Å². The number of carbonyl (C=O) groups is 1. The zero-order valence-electron chi connectivity index (χ0n) is 29.0. The number of rotatable bonds is 21. The summed E-state index contributed by atoms with van der Waals surface area (Å²) in [7, 11) is 1.42. The molecule has 0 unspecified atom stereocenters. The van der Waals surface area contributed by atoms with Crippen molar-refractivity contribution >= 4 is 5.97 Å². The van der Waals surface area contributed by atoms with Gasteiger partial charge in [0.25, 0.3) is 0 Å². The van der Waals surface area contributed by atoms with E-state index in [2.05, 4.69) is 0 Å². The van der Waals surface area contributed by atoms with Crippen molar-refractivity contribution < 1.29 is 38.0 Å². The summed E-state index contributed by atoms with van der Waals surface area (Å²) in [5.41, 5.74) is 4.20. The lowest BCUT2D eigenvalue weighted by atomic mass is 9.97. The van der Waals surface area contributed by atoms with E-state index < -0.39 is 30.7 Å². The molecule has 0 N–H and O–H groups in total. The van der Waals surface area contributed by atoms with E-state index >= 15 is 0 Å². The van der Waals surface area contributed by atoms with E-state index in [1.807, 2.05) is 121 Å². The van der Waals surface area contributed by atoms with Gasteiger partial charge in [0.2, 0.25) is 0 Å². The highest BCUT2D eigenvalue weighted by molar-refractivity contribution is 5.68. The van der Waals surface area contributed by atoms with E-state index in [0.29, 0.717) is 39.5 Å². The lowest BCUT2D eigenvalue weighted by molar-refractivity contribution is -0.328. The molecule has 50 heavy (non-hydrogen) atoms. The average molecular weight is 683 g/mol. The summed E-state index contributed by atoms with van der Waals surface area (Å²) >= 11 is 0. The molecular weight excluding hydrogens is 632 g/mol. The average Bonchev–Trinajstić information content (AvgIpc) is 3.17. The molecule has 1 aliphatic rings. The second-order valence-electron chi connectivity index (χ2n) is 12.4. The van der Waals surface area contributed by atoms with Gasteiger partial charge in [0.1, 0.15) is 24.4 Å². The van der Waals surface area contributed by atoms with Gasteiger partial charge in [-0.05, 0) is 35.1 Å². The number of unbranched alkanes of at least 4 members (excludes halogenated alkanes) is 3. The Morgan fingerprint density at radius 2 is 1.00 bits per heavy atom. The fourth-order valence-corrected chi connectivity index (χ4v) is 5.91. The maximum absolute atomic E-state index is 11.5. The minimum atomic E-state index is -0.726. The first-order valence-electron chi connectivity index (χ1n) is 17.6. The van der Waals surface area contributed by atoms with Crippen LogP contribution >= 0.6 is 0 Å². The van der Waals surface area contributed by atoms with Crippen LogP contribution in [-0.2, 0) is 64.4 Å². The third-order valence-electron chi connectivity index (χ3n) is 8.63. The number of hydrogen-bond donors (Lipinski definition) is 0. The van der Waals surface area contributed by atoms with E-state index in [1.54, 1.807) is 0 Å². The summed E-state index contributed by atoms with van der Waals surface area (Å²) in [6.45, 7) is 2.27. The molecule has 0 saturated carbocycles. The van der Waals surface area contributed by atoms with Crippen molar-refractivity contribution in [3.05, 3.63) is 144 Å². The number of benzene rings is 4. The molecule has 1 heterocycles. The van der Waals surface area contributed by atoms with Crippen LogP contribution in [-0.4, -0.2) is 57.0 Å². The fourth-order valence-electron chi connectivity index (χ4n) is 5.91. The molecule has 1 saturated heterocycles. The molecule has 0 bridgehead atoms. The van der Waals surface area contributed by atoms with Gasteiger partial charge >= 0.3 is 5.97 Å². The summed E-state index contributed by atoms with van der Waals surface area (Å²) in [6, 6.07) is 40.4. The highest BCUT2D eigenvalue weighted by Gasteiger charge is 2.49. The van der Waals surface area contributed by atoms with Crippen LogP contribution in [0.5, 0.6) is 0 Å². The standard InChI is InChI=1S/C42H50O8/c1-44-38(43)26-16-2-3-17-27-46-42-41(49-31-36-24-14-7-15-25-36)40(48-30-35-22-12-6-13-23-35)39(47-29-34-20-10-5-11-21-34)37(50-42)32-45-28-33-18-8-4-9-19-33/h4-15,18-25,37,39-42H,2-3,16-17,26-32H2,1H3/t37-,39-,40+,41+,42-/m1/s1. The molecule has 0 amide bonds. The molecule has 266 valence electrons. The third-order valence-corrected chi connectivity index (χ3v) is 8.63. The lowest BCUT2D eigenvalue weighted by Gasteiger charge is -2.46. The first kappa shape index (κ1) is 37.4. The van der Waals surface area contributed by atoms with Crippen molar-refractivity contribution in [3.8, 4) is 0 Å². The van der Waals surface area contributed by atoms with Gasteiger partial charge in [-0.25, -0.2) is 0 Å². The summed E-state index contributed by atoms with van der Waals surface area (Å²) in [5, 5.41) is 0. The van der Waals surface area contributed by atoms with Gasteiger partial charge < -0.3 is 33.2 Å². The van der Waals surface area contributed by atoms with Crippen LogP contribution in [0.2, 0.25) is 0 Å². The summed E-state index contributed by atoms with van der Waals surface area (Å²) in [4.78, 5) is 11.5. The minimum Gasteiger partial charge on any atom is -0.469 e. The van der Waals surface area contributed by atoms with Crippen molar-refractivity contribution in [1.82, 2.24) is 0 Å². The molecule has 1 aliphatic heterocycles. The minimum absolute atomic E-state index is 0.179. The van der Waals surface area contributed by atoms with E-state index in [1.165, 1.54) is 7.11 Å².